The van der Waals surface area contributed by atoms with Crippen LogP contribution in [0.4, 0.5) is 10.2 Å². The number of piperidine rings is 1. The molecule has 0 aliphatic carbocycles. The van der Waals surface area contributed by atoms with Crippen LogP contribution < -0.4 is 10.5 Å². The molecule has 3 aromatic rings. The third-order valence-corrected chi connectivity index (χ3v) is 8.68. The summed E-state index contributed by atoms with van der Waals surface area (Å²) in [4.78, 5) is 22.5. The molecule has 0 radical (unpaired) electrons. The van der Waals surface area contributed by atoms with Crippen LogP contribution in [0.25, 0.3) is 10.9 Å². The first-order valence-corrected chi connectivity index (χ1v) is 14.1. The number of carbonyl (C=O) groups excluding carboxylic acids is 1. The van der Waals surface area contributed by atoms with Gasteiger partial charge in [0.1, 0.15) is 23.0 Å². The van der Waals surface area contributed by atoms with Crippen molar-refractivity contribution in [2.45, 2.75) is 50.7 Å². The van der Waals surface area contributed by atoms with Crippen molar-refractivity contribution in [3.05, 3.63) is 64.0 Å². The molecule has 2 aromatic carbocycles. The van der Waals surface area contributed by atoms with Crippen LogP contribution in [-0.2, 0) is 40.4 Å². The molecule has 3 aliphatic rings. The number of pyridine rings is 1. The molecule has 218 valence electrons. The summed E-state index contributed by atoms with van der Waals surface area (Å²) in [6.45, 7) is 3.44. The number of fused-ring (bicyclic) bond motifs is 4. The molecule has 41 heavy (non-hydrogen) atoms. The molecule has 0 unspecified atom stereocenters. The first-order chi connectivity index (χ1) is 19.8. The number of amides is 1. The molecule has 1 amide bonds. The maximum Gasteiger partial charge on any atom is 0.257 e. The maximum absolute atomic E-state index is 15.6. The van der Waals surface area contributed by atoms with E-state index in [-0.39, 0.29) is 30.9 Å². The number of likely N-dealkylation sites (tertiary alicyclic amines) is 1. The van der Waals surface area contributed by atoms with Crippen LogP contribution in [0.1, 0.15) is 45.5 Å². The van der Waals surface area contributed by atoms with Gasteiger partial charge in [0.25, 0.3) is 5.91 Å². The first kappa shape index (κ1) is 27.8. The molecule has 0 saturated carbocycles. The van der Waals surface area contributed by atoms with E-state index in [9.17, 15) is 4.79 Å². The van der Waals surface area contributed by atoms with E-state index in [1.54, 1.807) is 25.2 Å². The van der Waals surface area contributed by atoms with E-state index >= 15 is 4.39 Å². The van der Waals surface area contributed by atoms with Crippen molar-refractivity contribution in [1.82, 2.24) is 14.8 Å². The van der Waals surface area contributed by atoms with Gasteiger partial charge < -0.3 is 34.5 Å². The van der Waals surface area contributed by atoms with Gasteiger partial charge in [-0.1, -0.05) is 12.1 Å². The molecular weight excluding hydrogens is 527 g/mol. The fourth-order valence-corrected chi connectivity index (χ4v) is 6.38. The van der Waals surface area contributed by atoms with Gasteiger partial charge >= 0.3 is 0 Å². The topological polar surface area (TPSA) is 99.4 Å². The summed E-state index contributed by atoms with van der Waals surface area (Å²) in [5, 5.41) is 0.671. The fourth-order valence-electron chi connectivity index (χ4n) is 6.38. The minimum atomic E-state index is -0.654. The second-order valence-electron chi connectivity index (χ2n) is 11.5. The van der Waals surface area contributed by atoms with Gasteiger partial charge in [0.2, 0.25) is 0 Å². The normalized spacial score (nSPS) is 17.7. The zero-order valence-electron chi connectivity index (χ0n) is 23.9. The molecule has 2 N–H and O–H groups in total. The van der Waals surface area contributed by atoms with Crippen molar-refractivity contribution in [2.75, 3.05) is 53.3 Å². The highest BCUT2D eigenvalue weighted by Gasteiger charge is 2.41. The summed E-state index contributed by atoms with van der Waals surface area (Å²) < 4.78 is 38.5. The molecular formula is C31H37FN4O5. The Balaban J connectivity index is 1.33. The summed E-state index contributed by atoms with van der Waals surface area (Å²) >= 11 is 0. The second-order valence-corrected chi connectivity index (χ2v) is 11.5. The lowest BCUT2D eigenvalue weighted by atomic mass is 9.87. The number of hydrogen-bond acceptors (Lipinski definition) is 8. The van der Waals surface area contributed by atoms with Crippen LogP contribution in [-0.4, -0.2) is 79.9 Å². The van der Waals surface area contributed by atoms with E-state index < -0.39 is 17.8 Å². The van der Waals surface area contributed by atoms with Gasteiger partial charge in [0.05, 0.1) is 43.5 Å². The van der Waals surface area contributed by atoms with Crippen molar-refractivity contribution >= 4 is 22.6 Å². The monoisotopic (exact) mass is 564 g/mol. The van der Waals surface area contributed by atoms with Gasteiger partial charge in [-0.3, -0.25) is 4.79 Å². The number of ether oxygens (including phenoxy) is 4. The lowest BCUT2D eigenvalue weighted by molar-refractivity contribution is 0.0256. The average Bonchev–Trinajstić information content (AvgIpc) is 3.58. The Kier molecular flexibility index (Phi) is 7.58. The minimum absolute atomic E-state index is 0.0369. The van der Waals surface area contributed by atoms with Crippen molar-refractivity contribution in [1.29, 1.82) is 0 Å². The number of aromatic nitrogens is 1. The molecule has 4 heterocycles. The molecule has 1 aromatic heterocycles. The van der Waals surface area contributed by atoms with Crippen LogP contribution in [0.5, 0.6) is 5.75 Å². The van der Waals surface area contributed by atoms with E-state index in [1.165, 1.54) is 6.07 Å². The largest absolute Gasteiger partial charge is 0.487 e. The lowest BCUT2D eigenvalue weighted by Crippen LogP contribution is -2.45. The lowest BCUT2D eigenvalue weighted by Gasteiger charge is -2.37. The highest BCUT2D eigenvalue weighted by atomic mass is 19.1. The van der Waals surface area contributed by atoms with Crippen molar-refractivity contribution < 1.29 is 28.1 Å². The van der Waals surface area contributed by atoms with Crippen LogP contribution in [0.2, 0.25) is 0 Å². The standard InChI is InChI=1S/C31H37FN4O5/c1-35-8-6-31(7-9-35)13-20-10-19(4-5-28(20)41-31)14-36(21(15-38-2)16-39-3)30(37)23-11-22-24-17-40-18-25(24)29(33)34-27(22)12-26(23)32/h4-5,10-12,21H,6-9,13-18H2,1-3H3,(H2,33,34). The van der Waals surface area contributed by atoms with Crippen LogP contribution >= 0.6 is 0 Å². The van der Waals surface area contributed by atoms with Crippen LogP contribution in [0.15, 0.2) is 30.3 Å². The van der Waals surface area contributed by atoms with Gasteiger partial charge in [0, 0.05) is 70.1 Å². The molecule has 1 spiro atoms. The van der Waals surface area contributed by atoms with Gasteiger partial charge in [0.15, 0.2) is 0 Å². The van der Waals surface area contributed by atoms with Crippen molar-refractivity contribution in [2.24, 2.45) is 0 Å². The van der Waals surface area contributed by atoms with Gasteiger partial charge in [-0.05, 0) is 35.9 Å². The number of methoxy groups -OCH3 is 2. The van der Waals surface area contributed by atoms with Gasteiger partial charge in [-0.15, -0.1) is 0 Å². The molecule has 6 rings (SSSR count). The minimum Gasteiger partial charge on any atom is -0.487 e. The van der Waals surface area contributed by atoms with Crippen molar-refractivity contribution in [3.8, 4) is 5.75 Å². The zero-order valence-corrected chi connectivity index (χ0v) is 23.9. The van der Waals surface area contributed by atoms with Crippen LogP contribution in [0.3, 0.4) is 0 Å². The number of hydrogen-bond donors (Lipinski definition) is 1. The number of nitrogen functional groups attached to an aromatic ring is 1. The predicted octanol–water partition coefficient (Wildman–Crippen LogP) is 3.69. The quantitative estimate of drug-likeness (QED) is 0.443. The number of halogens is 1. The molecule has 10 heteroatoms. The Labute approximate surface area is 239 Å². The maximum atomic E-state index is 15.6. The van der Waals surface area contributed by atoms with E-state index in [0.29, 0.717) is 29.9 Å². The number of anilines is 1. The number of benzene rings is 2. The Bertz CT molecular complexity index is 1470. The summed E-state index contributed by atoms with van der Waals surface area (Å²) in [7, 11) is 5.30. The molecule has 9 nitrogen and oxygen atoms in total. The summed E-state index contributed by atoms with van der Waals surface area (Å²) in [5.74, 6) is 0.132. The van der Waals surface area contributed by atoms with Gasteiger partial charge in [-0.2, -0.15) is 0 Å². The molecule has 0 atom stereocenters. The summed E-state index contributed by atoms with van der Waals surface area (Å²) in [5.41, 5.74) is 10.0. The third-order valence-electron chi connectivity index (χ3n) is 8.68. The van der Waals surface area contributed by atoms with Gasteiger partial charge in [-0.25, -0.2) is 9.37 Å². The van der Waals surface area contributed by atoms with E-state index in [2.05, 4.69) is 23.0 Å². The van der Waals surface area contributed by atoms with Crippen molar-refractivity contribution in [3.63, 3.8) is 0 Å². The smallest absolute Gasteiger partial charge is 0.257 e. The zero-order chi connectivity index (χ0) is 28.7. The first-order valence-electron chi connectivity index (χ1n) is 14.1. The molecule has 0 bridgehead atoms. The Morgan fingerprint density at radius 2 is 1.88 bits per heavy atom. The number of rotatable bonds is 8. The fraction of sp³-hybridized carbons (Fsp3) is 0.484. The molecule has 1 saturated heterocycles. The Morgan fingerprint density at radius 3 is 2.61 bits per heavy atom. The van der Waals surface area contributed by atoms with E-state index in [1.807, 2.05) is 12.1 Å². The number of nitrogens with zero attached hydrogens (tertiary/aromatic N) is 3. The van der Waals surface area contributed by atoms with E-state index in [0.717, 1.165) is 60.4 Å². The Morgan fingerprint density at radius 1 is 1.15 bits per heavy atom. The Hall–Kier alpha value is -3.31. The van der Waals surface area contributed by atoms with Crippen LogP contribution in [0, 0.1) is 5.82 Å². The highest BCUT2D eigenvalue weighted by molar-refractivity contribution is 5.99. The van der Waals surface area contributed by atoms with E-state index in [4.69, 9.17) is 24.7 Å². The highest BCUT2D eigenvalue weighted by Crippen LogP contribution is 2.41. The molecule has 1 fully saturated rings. The number of carbonyl (C=O) groups is 1. The average molecular weight is 565 g/mol. The predicted molar refractivity (Wildman–Crippen MR) is 152 cm³/mol. The third kappa shape index (κ3) is 5.25. The molecule has 3 aliphatic heterocycles. The second kappa shape index (κ2) is 11.2. The number of nitrogens with two attached hydrogens (primary N) is 1. The SMILES string of the molecule is COCC(COC)N(Cc1ccc2c(c1)CC1(CCN(C)CC1)O2)C(=O)c1cc2c3c(c(N)nc2cc1F)COC3. The summed E-state index contributed by atoms with van der Waals surface area (Å²) in [6, 6.07) is 8.53. The summed E-state index contributed by atoms with van der Waals surface area (Å²) in [6.07, 6.45) is 2.82.